The van der Waals surface area contributed by atoms with E-state index in [4.69, 9.17) is 4.74 Å². The average molecular weight is 581 g/mol. The predicted molar refractivity (Wildman–Crippen MR) is 153 cm³/mol. The van der Waals surface area contributed by atoms with Crippen molar-refractivity contribution in [1.29, 1.82) is 0 Å². The second kappa shape index (κ2) is 10.7. The number of nitrogens with zero attached hydrogens (tertiary/aromatic N) is 3. The quantitative estimate of drug-likeness (QED) is 0.514. The molecule has 1 spiro atoms. The highest BCUT2D eigenvalue weighted by Gasteiger charge is 2.48. The Morgan fingerprint density at radius 3 is 2.31 bits per heavy atom. The zero-order valence-electron chi connectivity index (χ0n) is 24.9. The number of nitrogens with one attached hydrogen (secondary N) is 2. The van der Waals surface area contributed by atoms with Crippen LogP contribution in [-0.4, -0.2) is 97.0 Å². The highest BCUT2D eigenvalue weighted by Crippen LogP contribution is 2.42. The van der Waals surface area contributed by atoms with Crippen molar-refractivity contribution in [3.63, 3.8) is 0 Å². The van der Waals surface area contributed by atoms with Crippen LogP contribution in [0.5, 0.6) is 0 Å². The minimum atomic E-state index is -0.948. The number of rotatable bonds is 4. The largest absolute Gasteiger partial charge is 0.444 e. The minimum Gasteiger partial charge on any atom is -0.444 e. The van der Waals surface area contributed by atoms with Crippen molar-refractivity contribution in [3.05, 3.63) is 29.3 Å². The highest BCUT2D eigenvalue weighted by molar-refractivity contribution is 6.23. The van der Waals surface area contributed by atoms with Crippen LogP contribution < -0.4 is 15.1 Å². The molecule has 1 aromatic rings. The molecule has 2 N–H and O–H groups in total. The Morgan fingerprint density at radius 1 is 1.00 bits per heavy atom. The summed E-state index contributed by atoms with van der Waals surface area (Å²) in [6.45, 7) is 12.6. The lowest BCUT2D eigenvalue weighted by atomic mass is 9.71. The number of ether oxygens (including phenoxy) is 1. The molecule has 11 heteroatoms. The minimum absolute atomic E-state index is 0.109. The molecular formula is C31H42N5O6+. The Bertz CT molecular complexity index is 1300. The van der Waals surface area contributed by atoms with Gasteiger partial charge in [-0.05, 0) is 58.2 Å². The number of amides is 5. The van der Waals surface area contributed by atoms with E-state index in [0.717, 1.165) is 69.2 Å². The number of piperidine rings is 3. The van der Waals surface area contributed by atoms with Gasteiger partial charge in [-0.15, -0.1) is 0 Å². The first-order chi connectivity index (χ1) is 19.9. The maximum Gasteiger partial charge on any atom is 0.410 e. The Hall–Kier alpha value is -3.47. The smallest absolute Gasteiger partial charge is 0.410 e. The van der Waals surface area contributed by atoms with Gasteiger partial charge in [0.2, 0.25) is 11.8 Å². The molecular weight excluding hydrogens is 538 g/mol. The molecule has 0 aromatic heterocycles. The van der Waals surface area contributed by atoms with Gasteiger partial charge in [0.1, 0.15) is 11.6 Å². The van der Waals surface area contributed by atoms with Gasteiger partial charge in [-0.3, -0.25) is 29.4 Å². The molecule has 42 heavy (non-hydrogen) atoms. The van der Waals surface area contributed by atoms with Gasteiger partial charge in [-0.25, -0.2) is 4.79 Å². The molecule has 1 atom stereocenters. The molecule has 5 heterocycles. The molecule has 1 aromatic carbocycles. The number of imide groups is 2. The van der Waals surface area contributed by atoms with Crippen molar-refractivity contribution in [1.82, 2.24) is 15.1 Å². The fraction of sp³-hybridized carbons (Fsp3) is 0.645. The van der Waals surface area contributed by atoms with Crippen LogP contribution in [0.3, 0.4) is 0 Å². The zero-order valence-corrected chi connectivity index (χ0v) is 24.9. The molecule has 226 valence electrons. The molecule has 5 aliphatic rings. The number of anilines is 1. The van der Waals surface area contributed by atoms with E-state index in [1.54, 1.807) is 17.0 Å². The van der Waals surface area contributed by atoms with E-state index >= 15 is 0 Å². The van der Waals surface area contributed by atoms with E-state index in [1.807, 2.05) is 31.7 Å². The van der Waals surface area contributed by atoms with Crippen LogP contribution in [0.1, 0.15) is 80.0 Å². The third-order valence-corrected chi connectivity index (χ3v) is 9.70. The molecule has 4 fully saturated rings. The number of fused-ring (bicyclic) bond motifs is 1. The van der Waals surface area contributed by atoms with E-state index in [2.05, 4.69) is 10.2 Å². The zero-order chi connectivity index (χ0) is 29.8. The summed E-state index contributed by atoms with van der Waals surface area (Å²) in [6, 6.07) is 4.44. The van der Waals surface area contributed by atoms with Crippen molar-refractivity contribution in [2.24, 2.45) is 11.3 Å². The first kappa shape index (κ1) is 28.6. The van der Waals surface area contributed by atoms with Crippen molar-refractivity contribution in [2.75, 3.05) is 50.7 Å². The fourth-order valence-electron chi connectivity index (χ4n) is 7.31. The van der Waals surface area contributed by atoms with Crippen molar-refractivity contribution >= 4 is 35.4 Å². The van der Waals surface area contributed by atoms with Gasteiger partial charge in [0.15, 0.2) is 0 Å². The third kappa shape index (κ3) is 5.50. The van der Waals surface area contributed by atoms with Crippen molar-refractivity contribution in [3.8, 4) is 0 Å². The number of hydrogen-bond acceptors (Lipinski definition) is 7. The Kier molecular flexibility index (Phi) is 7.27. The van der Waals surface area contributed by atoms with Gasteiger partial charge in [-0.1, -0.05) is 0 Å². The molecule has 6 rings (SSSR count). The Morgan fingerprint density at radius 2 is 1.67 bits per heavy atom. The number of hydrogen-bond donors (Lipinski definition) is 2. The van der Waals surface area contributed by atoms with Crippen LogP contribution in [0.4, 0.5) is 10.5 Å². The summed E-state index contributed by atoms with van der Waals surface area (Å²) in [6.07, 6.45) is 4.46. The summed E-state index contributed by atoms with van der Waals surface area (Å²) in [5.74, 6) is -1.27. The van der Waals surface area contributed by atoms with Crippen LogP contribution in [0, 0.1) is 11.3 Å². The summed E-state index contributed by atoms with van der Waals surface area (Å²) < 4.78 is 5.53. The number of carbonyl (C=O) groups is 5. The van der Waals surface area contributed by atoms with Crippen LogP contribution >= 0.6 is 0 Å². The fourth-order valence-corrected chi connectivity index (χ4v) is 7.31. The van der Waals surface area contributed by atoms with Crippen molar-refractivity contribution in [2.45, 2.75) is 70.9 Å². The monoisotopic (exact) mass is 580 g/mol. The highest BCUT2D eigenvalue weighted by atomic mass is 16.6. The summed E-state index contributed by atoms with van der Waals surface area (Å²) in [7, 11) is 0. The lowest BCUT2D eigenvalue weighted by Crippen LogP contribution is -3.14. The van der Waals surface area contributed by atoms with Gasteiger partial charge in [0, 0.05) is 62.5 Å². The normalized spacial score (nSPS) is 25.0. The molecule has 11 nitrogen and oxygen atoms in total. The summed E-state index contributed by atoms with van der Waals surface area (Å²) in [4.78, 5) is 69.3. The van der Waals surface area contributed by atoms with Crippen molar-refractivity contribution < 1.29 is 33.6 Å². The van der Waals surface area contributed by atoms with E-state index in [1.165, 1.54) is 12.8 Å². The molecule has 5 aliphatic heterocycles. The van der Waals surface area contributed by atoms with Crippen LogP contribution in [0.25, 0.3) is 0 Å². The van der Waals surface area contributed by atoms with Gasteiger partial charge in [0.05, 0.1) is 30.8 Å². The van der Waals surface area contributed by atoms with Crippen LogP contribution in [-0.2, 0) is 14.3 Å². The SMILES string of the molecule is CC(C)(C)OC(=O)N1CCC(C[NH+]2CCC3(CC2)CN(c2ccc4c(c2)C(=O)N(C2CCC(=O)NC2=O)C4=O)C3)CC1. The predicted octanol–water partition coefficient (Wildman–Crippen LogP) is 1.22. The Balaban J connectivity index is 0.983. The van der Waals surface area contributed by atoms with E-state index < -0.39 is 29.4 Å². The summed E-state index contributed by atoms with van der Waals surface area (Å²) in [5.41, 5.74) is 1.41. The standard InChI is InChI=1S/C31H41N5O6/c1-30(2,3)42-29(41)34-12-8-20(9-13-34)17-33-14-10-31(11-15-33)18-35(19-31)21-4-5-22-23(16-21)28(40)36(27(22)39)24-6-7-25(37)32-26(24)38/h4-5,16,20,24H,6-15,17-19H2,1-3H3,(H,32,37,38)/p+1. The van der Waals surface area contributed by atoms with Crippen LogP contribution in [0.2, 0.25) is 0 Å². The van der Waals surface area contributed by atoms with E-state index in [-0.39, 0.29) is 24.8 Å². The number of likely N-dealkylation sites (tertiary alicyclic amines) is 2. The van der Waals surface area contributed by atoms with E-state index in [0.29, 0.717) is 22.5 Å². The number of quaternary nitrogens is 1. The maximum absolute atomic E-state index is 13.2. The molecule has 0 radical (unpaired) electrons. The third-order valence-electron chi connectivity index (χ3n) is 9.70. The molecule has 0 aliphatic carbocycles. The Labute approximate surface area is 246 Å². The lowest BCUT2D eigenvalue weighted by Gasteiger charge is -2.54. The second-order valence-electron chi connectivity index (χ2n) is 13.9. The lowest BCUT2D eigenvalue weighted by molar-refractivity contribution is -0.911. The number of carbonyl (C=O) groups excluding carboxylic acids is 5. The summed E-state index contributed by atoms with van der Waals surface area (Å²) >= 11 is 0. The van der Waals surface area contributed by atoms with E-state index in [9.17, 15) is 24.0 Å². The number of benzene rings is 1. The second-order valence-corrected chi connectivity index (χ2v) is 13.9. The van der Waals surface area contributed by atoms with Crippen LogP contribution in [0.15, 0.2) is 18.2 Å². The molecule has 5 amide bonds. The molecule has 0 bridgehead atoms. The molecule has 4 saturated heterocycles. The first-order valence-electron chi connectivity index (χ1n) is 15.3. The summed E-state index contributed by atoms with van der Waals surface area (Å²) in [5, 5.41) is 2.24. The topological polar surface area (TPSA) is 121 Å². The van der Waals surface area contributed by atoms with Gasteiger partial charge < -0.3 is 19.4 Å². The molecule has 0 saturated carbocycles. The van der Waals surface area contributed by atoms with Gasteiger partial charge in [-0.2, -0.15) is 0 Å². The molecule has 1 unspecified atom stereocenters. The van der Waals surface area contributed by atoms with Gasteiger partial charge >= 0.3 is 6.09 Å². The van der Waals surface area contributed by atoms with Gasteiger partial charge in [0.25, 0.3) is 11.8 Å². The average Bonchev–Trinajstić information content (AvgIpc) is 3.16. The maximum atomic E-state index is 13.2. The first-order valence-corrected chi connectivity index (χ1v) is 15.3.